The SMILES string of the molecule is CCOc1ccsc1C(=O)CN=[N+]=[N-]. The zero-order valence-corrected chi connectivity index (χ0v) is 8.45. The number of carbonyl (C=O) groups is 1. The Labute approximate surface area is 84.9 Å². The summed E-state index contributed by atoms with van der Waals surface area (Å²) in [5.41, 5.74) is 8.06. The van der Waals surface area contributed by atoms with Crippen LogP contribution in [0, 0.1) is 0 Å². The molecule has 0 aromatic carbocycles. The van der Waals surface area contributed by atoms with E-state index in [0.29, 0.717) is 17.2 Å². The topological polar surface area (TPSA) is 75.1 Å². The molecule has 0 aliphatic carbocycles. The number of nitrogens with zero attached hydrogens (tertiary/aromatic N) is 3. The zero-order valence-electron chi connectivity index (χ0n) is 7.64. The number of hydrogen-bond acceptors (Lipinski definition) is 4. The van der Waals surface area contributed by atoms with Gasteiger partial charge in [-0.25, -0.2) is 0 Å². The molecule has 0 saturated heterocycles. The molecule has 0 bridgehead atoms. The normalized spacial score (nSPS) is 9.21. The molecule has 74 valence electrons. The maximum Gasteiger partial charge on any atom is 0.182 e. The molecule has 0 aliphatic heterocycles. The molecule has 1 aromatic heterocycles. The first kappa shape index (κ1) is 10.6. The molecule has 0 unspecified atom stereocenters. The van der Waals surface area contributed by atoms with Crippen molar-refractivity contribution in [2.45, 2.75) is 6.92 Å². The molecule has 0 aliphatic rings. The van der Waals surface area contributed by atoms with Gasteiger partial charge >= 0.3 is 0 Å². The van der Waals surface area contributed by atoms with Gasteiger partial charge in [-0.3, -0.25) is 4.79 Å². The quantitative estimate of drug-likeness (QED) is 0.325. The summed E-state index contributed by atoms with van der Waals surface area (Å²) in [7, 11) is 0. The Morgan fingerprint density at radius 1 is 1.79 bits per heavy atom. The van der Waals surface area contributed by atoms with Crippen LogP contribution in [0.1, 0.15) is 16.6 Å². The van der Waals surface area contributed by atoms with Crippen molar-refractivity contribution >= 4 is 17.1 Å². The third-order valence-electron chi connectivity index (χ3n) is 1.46. The van der Waals surface area contributed by atoms with Crippen LogP contribution in [-0.4, -0.2) is 18.9 Å². The van der Waals surface area contributed by atoms with Crippen LogP contribution >= 0.6 is 11.3 Å². The van der Waals surface area contributed by atoms with Crippen molar-refractivity contribution in [3.63, 3.8) is 0 Å². The highest BCUT2D eigenvalue weighted by Gasteiger charge is 2.12. The average Bonchev–Trinajstić information content (AvgIpc) is 2.63. The van der Waals surface area contributed by atoms with E-state index in [0.717, 1.165) is 0 Å². The number of rotatable bonds is 5. The molecule has 0 saturated carbocycles. The van der Waals surface area contributed by atoms with Crippen molar-refractivity contribution in [2.75, 3.05) is 13.2 Å². The van der Waals surface area contributed by atoms with E-state index in [2.05, 4.69) is 10.0 Å². The molecule has 5 nitrogen and oxygen atoms in total. The fourth-order valence-corrected chi connectivity index (χ4v) is 1.70. The van der Waals surface area contributed by atoms with E-state index in [9.17, 15) is 4.79 Å². The van der Waals surface area contributed by atoms with Gasteiger partial charge in [0.1, 0.15) is 10.6 Å². The largest absolute Gasteiger partial charge is 0.492 e. The molecule has 1 heterocycles. The van der Waals surface area contributed by atoms with Crippen LogP contribution in [0.4, 0.5) is 0 Å². The molecule has 14 heavy (non-hydrogen) atoms. The number of ketones is 1. The molecule has 0 atom stereocenters. The van der Waals surface area contributed by atoms with Gasteiger partial charge in [0.05, 0.1) is 13.2 Å². The third kappa shape index (κ3) is 2.48. The Morgan fingerprint density at radius 2 is 2.57 bits per heavy atom. The van der Waals surface area contributed by atoms with Crippen molar-refractivity contribution in [1.82, 2.24) is 0 Å². The minimum atomic E-state index is -0.207. The second kappa shape index (κ2) is 5.26. The van der Waals surface area contributed by atoms with Crippen molar-refractivity contribution < 1.29 is 9.53 Å². The lowest BCUT2D eigenvalue weighted by atomic mass is 10.3. The summed E-state index contributed by atoms with van der Waals surface area (Å²) in [6, 6.07) is 1.73. The first-order chi connectivity index (χ1) is 6.79. The smallest absolute Gasteiger partial charge is 0.182 e. The summed E-state index contributed by atoms with van der Waals surface area (Å²) >= 11 is 1.29. The number of carbonyl (C=O) groups excluding carboxylic acids is 1. The molecule has 0 N–H and O–H groups in total. The number of thiophene rings is 1. The lowest BCUT2D eigenvalue weighted by Crippen LogP contribution is -2.03. The standard InChI is InChI=1S/C8H9N3O2S/c1-2-13-7-3-4-14-8(7)6(12)5-10-11-9/h3-4H,2,5H2,1H3. The molecular weight excluding hydrogens is 202 g/mol. The van der Waals surface area contributed by atoms with Crippen LogP contribution in [0.25, 0.3) is 10.4 Å². The number of hydrogen-bond donors (Lipinski definition) is 0. The van der Waals surface area contributed by atoms with E-state index in [-0.39, 0.29) is 12.3 Å². The lowest BCUT2D eigenvalue weighted by Gasteiger charge is -2.01. The minimum Gasteiger partial charge on any atom is -0.492 e. The number of ether oxygens (including phenoxy) is 1. The summed E-state index contributed by atoms with van der Waals surface area (Å²) in [6.07, 6.45) is 0. The van der Waals surface area contributed by atoms with Crippen LogP contribution in [-0.2, 0) is 0 Å². The van der Waals surface area contributed by atoms with Crippen molar-refractivity contribution in [3.8, 4) is 5.75 Å². The molecule has 0 fully saturated rings. The number of azide groups is 1. The summed E-state index contributed by atoms with van der Waals surface area (Å²) in [5.74, 6) is 0.358. The molecule has 1 rings (SSSR count). The number of Topliss-reactive ketones (excluding diaryl/α,β-unsaturated/α-hetero) is 1. The van der Waals surface area contributed by atoms with Crippen LogP contribution < -0.4 is 4.74 Å². The molecule has 0 radical (unpaired) electrons. The minimum absolute atomic E-state index is 0.156. The average molecular weight is 211 g/mol. The molecule has 0 spiro atoms. The Balaban J connectivity index is 2.78. The third-order valence-corrected chi connectivity index (χ3v) is 2.40. The summed E-state index contributed by atoms with van der Waals surface area (Å²) in [6.45, 7) is 2.20. The lowest BCUT2D eigenvalue weighted by molar-refractivity contribution is 0.100. The highest BCUT2D eigenvalue weighted by atomic mass is 32.1. The Hall–Kier alpha value is -1.52. The maximum absolute atomic E-state index is 11.4. The van der Waals surface area contributed by atoms with E-state index in [1.54, 1.807) is 11.4 Å². The van der Waals surface area contributed by atoms with E-state index in [1.807, 2.05) is 6.92 Å². The second-order valence-electron chi connectivity index (χ2n) is 2.36. The summed E-state index contributed by atoms with van der Waals surface area (Å²) in [5, 5.41) is 4.98. The van der Waals surface area contributed by atoms with Crippen LogP contribution in [0.2, 0.25) is 0 Å². The molecule has 1 aromatic rings. The van der Waals surface area contributed by atoms with Crippen LogP contribution in [0.5, 0.6) is 5.75 Å². The van der Waals surface area contributed by atoms with E-state index < -0.39 is 0 Å². The van der Waals surface area contributed by atoms with Crippen molar-refractivity contribution in [2.24, 2.45) is 5.11 Å². The predicted molar refractivity (Wildman–Crippen MR) is 53.8 cm³/mol. The van der Waals surface area contributed by atoms with Gasteiger partial charge in [-0.05, 0) is 23.9 Å². The van der Waals surface area contributed by atoms with Gasteiger partial charge < -0.3 is 4.74 Å². The first-order valence-corrected chi connectivity index (χ1v) is 4.92. The van der Waals surface area contributed by atoms with E-state index >= 15 is 0 Å². The van der Waals surface area contributed by atoms with E-state index in [4.69, 9.17) is 10.3 Å². The van der Waals surface area contributed by atoms with Gasteiger partial charge in [0.2, 0.25) is 0 Å². The fourth-order valence-electron chi connectivity index (χ4n) is 0.938. The Bertz CT molecular complexity index is 368. The predicted octanol–water partition coefficient (Wildman–Crippen LogP) is 2.64. The second-order valence-corrected chi connectivity index (χ2v) is 3.28. The highest BCUT2D eigenvalue weighted by molar-refractivity contribution is 7.12. The molecule has 0 amide bonds. The Kier molecular flexibility index (Phi) is 3.97. The van der Waals surface area contributed by atoms with Gasteiger partial charge in [0, 0.05) is 4.91 Å². The van der Waals surface area contributed by atoms with Crippen LogP contribution in [0.15, 0.2) is 16.6 Å². The zero-order chi connectivity index (χ0) is 10.4. The maximum atomic E-state index is 11.4. The Morgan fingerprint density at radius 3 is 3.21 bits per heavy atom. The summed E-state index contributed by atoms with van der Waals surface area (Å²) in [4.78, 5) is 14.5. The fraction of sp³-hybridized carbons (Fsp3) is 0.375. The van der Waals surface area contributed by atoms with Gasteiger partial charge in [-0.2, -0.15) is 0 Å². The van der Waals surface area contributed by atoms with Crippen molar-refractivity contribution in [3.05, 3.63) is 26.8 Å². The van der Waals surface area contributed by atoms with Gasteiger partial charge in [-0.15, -0.1) is 11.3 Å². The molecular formula is C8H9N3O2S. The molecule has 6 heteroatoms. The first-order valence-electron chi connectivity index (χ1n) is 4.04. The highest BCUT2D eigenvalue weighted by Crippen LogP contribution is 2.25. The van der Waals surface area contributed by atoms with Gasteiger partial charge in [0.25, 0.3) is 0 Å². The monoisotopic (exact) mass is 211 g/mol. The van der Waals surface area contributed by atoms with Crippen molar-refractivity contribution in [1.29, 1.82) is 0 Å². The van der Waals surface area contributed by atoms with E-state index in [1.165, 1.54) is 11.3 Å². The van der Waals surface area contributed by atoms with Crippen LogP contribution in [0.3, 0.4) is 0 Å². The van der Waals surface area contributed by atoms with Gasteiger partial charge in [-0.1, -0.05) is 5.11 Å². The van der Waals surface area contributed by atoms with Gasteiger partial charge in [0.15, 0.2) is 5.78 Å². The summed E-state index contributed by atoms with van der Waals surface area (Å²) < 4.78 is 5.23.